The van der Waals surface area contributed by atoms with Crippen LogP contribution in [0.1, 0.15) is 70.6 Å². The van der Waals surface area contributed by atoms with Gasteiger partial charge in [-0.1, -0.05) is 87.9 Å². The molecule has 53 heavy (non-hydrogen) atoms. The molecule has 0 aromatic heterocycles. The summed E-state index contributed by atoms with van der Waals surface area (Å²) in [5.41, 5.74) is 2.04. The Hall–Kier alpha value is -4.13. The molecule has 12 heteroatoms. The highest BCUT2D eigenvalue weighted by molar-refractivity contribution is 5.98. The molecule has 0 radical (unpaired) electrons. The summed E-state index contributed by atoms with van der Waals surface area (Å²) in [6.45, 7) is 14.3. The molecule has 0 bridgehead atoms. The number of aryl methyl sites for hydroxylation is 2. The number of rotatable bonds is 20. The van der Waals surface area contributed by atoms with E-state index in [0.29, 0.717) is 58.6 Å². The van der Waals surface area contributed by atoms with Crippen LogP contribution in [-0.2, 0) is 46.3 Å². The first-order chi connectivity index (χ1) is 25.2. The molecule has 2 aliphatic heterocycles. The van der Waals surface area contributed by atoms with Crippen LogP contribution in [0.2, 0.25) is 0 Å². The Kier molecular flexibility index (Phi) is 15.6. The van der Waals surface area contributed by atoms with Crippen molar-refractivity contribution in [1.29, 1.82) is 0 Å². The van der Waals surface area contributed by atoms with E-state index < -0.39 is 47.5 Å². The minimum atomic E-state index is -1.03. The zero-order valence-corrected chi connectivity index (χ0v) is 32.2. The monoisotopic (exact) mass is 733 g/mol. The van der Waals surface area contributed by atoms with Gasteiger partial charge in [-0.2, -0.15) is 0 Å². The van der Waals surface area contributed by atoms with Crippen molar-refractivity contribution in [3.8, 4) is 0 Å². The Morgan fingerprint density at radius 1 is 0.717 bits per heavy atom. The number of benzene rings is 2. The molecule has 12 nitrogen and oxygen atoms in total. The van der Waals surface area contributed by atoms with Gasteiger partial charge >= 0.3 is 0 Å². The number of ketones is 1. The van der Waals surface area contributed by atoms with Gasteiger partial charge in [0.15, 0.2) is 5.78 Å². The van der Waals surface area contributed by atoms with E-state index in [1.54, 1.807) is 6.92 Å². The molecule has 2 aromatic carbocycles. The molecule has 2 aliphatic rings. The second-order valence-corrected chi connectivity index (χ2v) is 15.5. The summed E-state index contributed by atoms with van der Waals surface area (Å²) in [7, 11) is 0. The summed E-state index contributed by atoms with van der Waals surface area (Å²) in [6, 6.07) is 13.6. The fraction of sp³-hybridized carbons (Fsp3) is 0.585. The van der Waals surface area contributed by atoms with Crippen LogP contribution in [0.5, 0.6) is 0 Å². The molecule has 4 N–H and O–H groups in total. The molecule has 2 aromatic rings. The molecule has 2 saturated heterocycles. The van der Waals surface area contributed by atoms with Crippen LogP contribution in [0.3, 0.4) is 0 Å². The number of carbonyl (C=O) groups excluding carboxylic acids is 5. The Bertz CT molecular complexity index is 1520. The van der Waals surface area contributed by atoms with Gasteiger partial charge in [-0.25, -0.2) is 0 Å². The number of epoxide rings is 1. The zero-order valence-electron chi connectivity index (χ0n) is 32.2. The van der Waals surface area contributed by atoms with Gasteiger partial charge in [0.1, 0.15) is 23.7 Å². The molecule has 0 saturated carbocycles. The molecule has 2 heterocycles. The molecular formula is C41H59N5O7. The highest BCUT2D eigenvalue weighted by Gasteiger charge is 2.50. The number of morpholine rings is 1. The summed E-state index contributed by atoms with van der Waals surface area (Å²) in [5.74, 6) is -1.83. The second-order valence-electron chi connectivity index (χ2n) is 15.5. The van der Waals surface area contributed by atoms with E-state index in [1.165, 1.54) is 0 Å². The van der Waals surface area contributed by atoms with Gasteiger partial charge < -0.3 is 30.7 Å². The lowest BCUT2D eigenvalue weighted by atomic mass is 9.93. The van der Waals surface area contributed by atoms with Crippen molar-refractivity contribution in [3.63, 3.8) is 0 Å². The first-order valence-corrected chi connectivity index (χ1v) is 19.0. The van der Waals surface area contributed by atoms with Gasteiger partial charge in [-0.15, -0.1) is 0 Å². The smallest absolute Gasteiger partial charge is 0.243 e. The fourth-order valence-electron chi connectivity index (χ4n) is 6.44. The zero-order chi connectivity index (χ0) is 38.5. The van der Waals surface area contributed by atoms with E-state index in [4.69, 9.17) is 9.47 Å². The quantitative estimate of drug-likeness (QED) is 0.151. The van der Waals surface area contributed by atoms with Crippen LogP contribution < -0.4 is 21.3 Å². The van der Waals surface area contributed by atoms with Gasteiger partial charge in [-0.3, -0.25) is 28.9 Å². The van der Waals surface area contributed by atoms with Crippen molar-refractivity contribution in [2.24, 2.45) is 11.8 Å². The molecule has 5 atom stereocenters. The summed E-state index contributed by atoms with van der Waals surface area (Å²) in [4.78, 5) is 70.6. The van der Waals surface area contributed by atoms with Gasteiger partial charge in [0.2, 0.25) is 23.6 Å². The van der Waals surface area contributed by atoms with Crippen LogP contribution in [0, 0.1) is 18.8 Å². The van der Waals surface area contributed by atoms with E-state index in [2.05, 4.69) is 21.3 Å². The molecule has 2 fully saturated rings. The molecule has 4 amide bonds. The summed E-state index contributed by atoms with van der Waals surface area (Å²) in [5, 5.41) is 11.7. The minimum absolute atomic E-state index is 0.0155. The Labute approximate surface area is 314 Å². The van der Waals surface area contributed by atoms with Crippen LogP contribution in [0.4, 0.5) is 0 Å². The fourth-order valence-corrected chi connectivity index (χ4v) is 6.44. The molecule has 4 rings (SSSR count). The number of hydrogen-bond acceptors (Lipinski definition) is 8. The van der Waals surface area contributed by atoms with Gasteiger partial charge in [0.25, 0.3) is 0 Å². The van der Waals surface area contributed by atoms with E-state index in [0.717, 1.165) is 16.7 Å². The first kappa shape index (κ1) is 41.6. The van der Waals surface area contributed by atoms with Crippen LogP contribution in [-0.4, -0.2) is 104 Å². The van der Waals surface area contributed by atoms with Crippen LogP contribution >= 0.6 is 0 Å². The van der Waals surface area contributed by atoms with Crippen LogP contribution in [0.15, 0.2) is 54.6 Å². The molecular weight excluding hydrogens is 674 g/mol. The number of carbonyl (C=O) groups is 5. The summed E-state index contributed by atoms with van der Waals surface area (Å²) in [6.07, 6.45) is 1.76. The molecule has 0 spiro atoms. The first-order valence-electron chi connectivity index (χ1n) is 19.0. The van der Waals surface area contributed by atoms with E-state index in [9.17, 15) is 24.0 Å². The highest BCUT2D eigenvalue weighted by atomic mass is 16.6. The SMILES string of the molecule is Cc1ccc(CC[C@H](NC(=O)CN2CCOCC2)C(=O)N[C@@H](CC(C)C)C(=O)N[C@@H](Cc2ccccc2)C(=O)N[C@@H](CC(C)C)C(=O)[C@@]2(C)CO2)cc1. The van der Waals surface area contributed by atoms with E-state index in [1.807, 2.05) is 94.1 Å². The predicted octanol–water partition coefficient (Wildman–Crippen LogP) is 2.89. The Morgan fingerprint density at radius 3 is 1.87 bits per heavy atom. The van der Waals surface area contributed by atoms with Crippen molar-refractivity contribution < 1.29 is 33.4 Å². The number of nitrogens with one attached hydrogen (secondary N) is 4. The Morgan fingerprint density at radius 2 is 1.26 bits per heavy atom. The maximum absolute atomic E-state index is 14.1. The maximum atomic E-state index is 14.1. The lowest BCUT2D eigenvalue weighted by Crippen LogP contribution is -2.59. The normalized spacial score (nSPS) is 19.5. The average Bonchev–Trinajstić information content (AvgIpc) is 3.88. The Balaban J connectivity index is 1.52. The van der Waals surface area contributed by atoms with Gasteiger partial charge in [0.05, 0.1) is 32.4 Å². The maximum Gasteiger partial charge on any atom is 0.243 e. The summed E-state index contributed by atoms with van der Waals surface area (Å²) >= 11 is 0. The van der Waals surface area contributed by atoms with Crippen LogP contribution in [0.25, 0.3) is 0 Å². The number of ether oxygens (including phenoxy) is 2. The van der Waals surface area contributed by atoms with Crippen molar-refractivity contribution >= 4 is 29.4 Å². The second kappa shape index (κ2) is 19.8. The summed E-state index contributed by atoms with van der Waals surface area (Å²) < 4.78 is 10.8. The third-order valence-electron chi connectivity index (χ3n) is 9.66. The molecule has 0 aliphatic carbocycles. The van der Waals surface area contributed by atoms with E-state index in [-0.39, 0.29) is 36.5 Å². The average molecular weight is 734 g/mol. The molecule has 0 unspecified atom stereocenters. The number of nitrogens with zero attached hydrogens (tertiary/aromatic N) is 1. The highest BCUT2D eigenvalue weighted by Crippen LogP contribution is 2.29. The van der Waals surface area contributed by atoms with Crippen molar-refractivity contribution in [2.75, 3.05) is 39.5 Å². The lowest BCUT2D eigenvalue weighted by Gasteiger charge is -2.29. The number of amides is 4. The van der Waals surface area contributed by atoms with Gasteiger partial charge in [-0.05, 0) is 62.5 Å². The third-order valence-corrected chi connectivity index (χ3v) is 9.66. The van der Waals surface area contributed by atoms with Crippen molar-refractivity contribution in [3.05, 3.63) is 71.3 Å². The predicted molar refractivity (Wildman–Crippen MR) is 203 cm³/mol. The molecule has 290 valence electrons. The largest absolute Gasteiger partial charge is 0.379 e. The lowest BCUT2D eigenvalue weighted by molar-refractivity contribution is -0.135. The van der Waals surface area contributed by atoms with Crippen molar-refractivity contribution in [1.82, 2.24) is 26.2 Å². The number of Topliss-reactive ketones (excluding diaryl/α,β-unsaturated/α-hetero) is 1. The topological polar surface area (TPSA) is 158 Å². The third kappa shape index (κ3) is 13.7. The van der Waals surface area contributed by atoms with Crippen molar-refractivity contribution in [2.45, 2.75) is 103 Å². The standard InChI is InChI=1S/C41H59N5O7/c1-27(2)22-33(37(48)41(6)26-53-41)43-40(51)35(24-31-10-8-7-9-11-31)45-39(50)34(23-28(3)4)44-38(49)32(17-16-30-14-12-29(5)13-15-30)42-36(47)25-46-18-20-52-21-19-46/h7-15,27-28,32-35H,16-26H2,1-6H3,(H,42,47)(H,43,51)(H,44,49)(H,45,50)/t32-,33-,34-,35-,41+/m0/s1. The number of hydrogen-bond donors (Lipinski definition) is 4. The van der Waals surface area contributed by atoms with E-state index >= 15 is 0 Å². The van der Waals surface area contributed by atoms with Gasteiger partial charge in [0, 0.05) is 19.5 Å². The minimum Gasteiger partial charge on any atom is -0.379 e.